The summed E-state index contributed by atoms with van der Waals surface area (Å²) in [6.07, 6.45) is 4.13. The van der Waals surface area contributed by atoms with Gasteiger partial charge in [-0.05, 0) is 50.6 Å². The van der Waals surface area contributed by atoms with Gasteiger partial charge in [0.05, 0.1) is 26.4 Å². The smallest absolute Gasteiger partial charge is 0.140 e. The fourth-order valence-corrected chi connectivity index (χ4v) is 3.48. The van der Waals surface area contributed by atoms with Crippen LogP contribution in [0.3, 0.4) is 0 Å². The molecule has 1 fully saturated rings. The maximum atomic E-state index is 5.92. The van der Waals surface area contributed by atoms with Crippen LogP contribution in [0.15, 0.2) is 18.5 Å². The Hall–Kier alpha value is -1.85. The van der Waals surface area contributed by atoms with Gasteiger partial charge < -0.3 is 18.9 Å². The number of hydrogen-bond donors (Lipinski definition) is 0. The lowest BCUT2D eigenvalue weighted by Crippen LogP contribution is -2.42. The van der Waals surface area contributed by atoms with Gasteiger partial charge in [-0.15, -0.1) is 0 Å². The summed E-state index contributed by atoms with van der Waals surface area (Å²) >= 11 is 0. The monoisotopic (exact) mass is 329 g/mol. The van der Waals surface area contributed by atoms with E-state index in [4.69, 9.17) is 9.47 Å². The Kier molecular flexibility index (Phi) is 4.92. The lowest BCUT2D eigenvalue weighted by atomic mass is 9.96. The average Bonchev–Trinajstić information content (AvgIpc) is 2.99. The predicted molar refractivity (Wildman–Crippen MR) is 95.7 cm³/mol. The summed E-state index contributed by atoms with van der Waals surface area (Å²) in [4.78, 5) is 6.96. The van der Waals surface area contributed by atoms with Gasteiger partial charge in [-0.25, -0.2) is 4.98 Å². The van der Waals surface area contributed by atoms with E-state index in [-0.39, 0.29) is 6.10 Å². The molecule has 3 rings (SSSR count). The van der Waals surface area contributed by atoms with Crippen molar-refractivity contribution >= 4 is 0 Å². The van der Waals surface area contributed by atoms with Crippen LogP contribution in [-0.2, 0) is 11.3 Å². The highest BCUT2D eigenvalue weighted by Gasteiger charge is 2.21. The Morgan fingerprint density at radius 2 is 2.08 bits per heavy atom. The van der Waals surface area contributed by atoms with Crippen LogP contribution in [0.4, 0.5) is 0 Å². The van der Waals surface area contributed by atoms with Crippen LogP contribution < -0.4 is 4.74 Å². The molecule has 0 spiro atoms. The van der Waals surface area contributed by atoms with E-state index in [2.05, 4.69) is 48.3 Å². The summed E-state index contributed by atoms with van der Waals surface area (Å²) in [5.74, 6) is 1.94. The van der Waals surface area contributed by atoms with Gasteiger partial charge in [0, 0.05) is 31.0 Å². The van der Waals surface area contributed by atoms with E-state index in [1.54, 1.807) is 7.11 Å². The topological polar surface area (TPSA) is 39.5 Å². The lowest BCUT2D eigenvalue weighted by Gasteiger charge is -2.30. The number of aromatic nitrogens is 2. The molecule has 0 radical (unpaired) electrons. The summed E-state index contributed by atoms with van der Waals surface area (Å²) in [7, 11) is 3.87. The van der Waals surface area contributed by atoms with Crippen molar-refractivity contribution in [2.24, 2.45) is 0 Å². The van der Waals surface area contributed by atoms with Crippen LogP contribution in [-0.4, -0.2) is 54.4 Å². The maximum absolute atomic E-state index is 5.92. The van der Waals surface area contributed by atoms with Gasteiger partial charge in [0.15, 0.2) is 0 Å². The summed E-state index contributed by atoms with van der Waals surface area (Å²) < 4.78 is 13.6. The molecule has 0 aliphatic carbocycles. The minimum absolute atomic E-state index is 0.205. The van der Waals surface area contributed by atoms with Crippen LogP contribution in [0.25, 0.3) is 11.4 Å². The average molecular weight is 329 g/mol. The molecule has 5 nitrogen and oxygen atoms in total. The number of hydrogen-bond acceptors (Lipinski definition) is 4. The molecule has 1 aliphatic rings. The highest BCUT2D eigenvalue weighted by molar-refractivity contribution is 5.69. The molecule has 1 atom stereocenters. The summed E-state index contributed by atoms with van der Waals surface area (Å²) in [5.41, 5.74) is 4.77. The van der Waals surface area contributed by atoms with Crippen LogP contribution in [0.2, 0.25) is 0 Å². The van der Waals surface area contributed by atoms with Gasteiger partial charge in [-0.3, -0.25) is 0 Å². The third-order valence-corrected chi connectivity index (χ3v) is 4.95. The van der Waals surface area contributed by atoms with Crippen molar-refractivity contribution in [2.45, 2.75) is 33.4 Å². The zero-order valence-electron chi connectivity index (χ0n) is 15.3. The van der Waals surface area contributed by atoms with Crippen molar-refractivity contribution in [3.8, 4) is 17.1 Å². The summed E-state index contributed by atoms with van der Waals surface area (Å²) in [6.45, 7) is 9.94. The standard InChI is InChI=1S/C19H27N3O2/c1-13-10-17(23-5)14(2)15(3)18(13)19-20-6-7-22(19)12-16-11-21(4)8-9-24-16/h6-7,10,16H,8-9,11-12H2,1-5H3. The molecular weight excluding hydrogens is 302 g/mol. The molecule has 0 bridgehead atoms. The zero-order chi connectivity index (χ0) is 17.3. The molecule has 5 heteroatoms. The molecule has 1 unspecified atom stereocenters. The van der Waals surface area contributed by atoms with Gasteiger partial charge in [0.2, 0.25) is 0 Å². The van der Waals surface area contributed by atoms with Crippen molar-refractivity contribution in [1.82, 2.24) is 14.5 Å². The molecule has 24 heavy (non-hydrogen) atoms. The molecule has 0 amide bonds. The first-order valence-electron chi connectivity index (χ1n) is 8.47. The van der Waals surface area contributed by atoms with E-state index in [1.807, 2.05) is 12.4 Å². The first kappa shape index (κ1) is 17.0. The van der Waals surface area contributed by atoms with Gasteiger partial charge in [-0.1, -0.05) is 0 Å². The Bertz CT molecular complexity index is 724. The summed E-state index contributed by atoms with van der Waals surface area (Å²) in [5, 5.41) is 0. The second-order valence-corrected chi connectivity index (χ2v) is 6.68. The molecule has 0 saturated carbocycles. The second kappa shape index (κ2) is 6.95. The van der Waals surface area contributed by atoms with Gasteiger partial charge in [-0.2, -0.15) is 0 Å². The van der Waals surface area contributed by atoms with Crippen LogP contribution >= 0.6 is 0 Å². The maximum Gasteiger partial charge on any atom is 0.140 e. The van der Waals surface area contributed by atoms with E-state index in [1.165, 1.54) is 22.3 Å². The van der Waals surface area contributed by atoms with Crippen molar-refractivity contribution in [3.05, 3.63) is 35.2 Å². The van der Waals surface area contributed by atoms with Crippen molar-refractivity contribution in [2.75, 3.05) is 33.9 Å². The molecule has 1 aromatic heterocycles. The van der Waals surface area contributed by atoms with E-state index in [9.17, 15) is 0 Å². The Morgan fingerprint density at radius 1 is 1.29 bits per heavy atom. The number of benzene rings is 1. The second-order valence-electron chi connectivity index (χ2n) is 6.68. The molecular formula is C19H27N3O2. The first-order valence-corrected chi connectivity index (χ1v) is 8.47. The fraction of sp³-hybridized carbons (Fsp3) is 0.526. The number of ether oxygens (including phenoxy) is 2. The van der Waals surface area contributed by atoms with Crippen LogP contribution in [0, 0.1) is 20.8 Å². The number of imidazole rings is 1. The predicted octanol–water partition coefficient (Wildman–Crippen LogP) is 2.81. The Balaban J connectivity index is 1.94. The number of aryl methyl sites for hydroxylation is 1. The number of likely N-dealkylation sites (N-methyl/N-ethyl adjacent to an activating group) is 1. The van der Waals surface area contributed by atoms with Gasteiger partial charge in [0.25, 0.3) is 0 Å². The Morgan fingerprint density at radius 3 is 2.79 bits per heavy atom. The largest absolute Gasteiger partial charge is 0.496 e. The van der Waals surface area contributed by atoms with Crippen molar-refractivity contribution in [1.29, 1.82) is 0 Å². The minimum atomic E-state index is 0.205. The normalized spacial score (nSPS) is 18.8. The SMILES string of the molecule is COc1cc(C)c(-c2nccn2CC2CN(C)CCO2)c(C)c1C. The van der Waals surface area contributed by atoms with E-state index in [0.717, 1.165) is 37.8 Å². The number of morpholine rings is 1. The van der Waals surface area contributed by atoms with Gasteiger partial charge >= 0.3 is 0 Å². The lowest BCUT2D eigenvalue weighted by molar-refractivity contribution is -0.0272. The number of methoxy groups -OCH3 is 1. The van der Waals surface area contributed by atoms with Crippen LogP contribution in [0.5, 0.6) is 5.75 Å². The molecule has 2 heterocycles. The molecule has 130 valence electrons. The van der Waals surface area contributed by atoms with E-state index >= 15 is 0 Å². The Labute approximate surface area is 144 Å². The number of rotatable bonds is 4. The molecule has 1 aromatic carbocycles. The third-order valence-electron chi connectivity index (χ3n) is 4.95. The van der Waals surface area contributed by atoms with E-state index in [0.29, 0.717) is 0 Å². The molecule has 0 N–H and O–H groups in total. The number of nitrogens with zero attached hydrogens (tertiary/aromatic N) is 3. The van der Waals surface area contributed by atoms with E-state index < -0.39 is 0 Å². The highest BCUT2D eigenvalue weighted by Crippen LogP contribution is 2.34. The molecule has 1 saturated heterocycles. The van der Waals surface area contributed by atoms with Gasteiger partial charge in [0.1, 0.15) is 11.6 Å². The minimum Gasteiger partial charge on any atom is -0.496 e. The molecule has 2 aromatic rings. The molecule has 1 aliphatic heterocycles. The fourth-order valence-electron chi connectivity index (χ4n) is 3.48. The highest BCUT2D eigenvalue weighted by atomic mass is 16.5. The first-order chi connectivity index (χ1) is 11.5. The zero-order valence-corrected chi connectivity index (χ0v) is 15.3. The van der Waals surface area contributed by atoms with Crippen molar-refractivity contribution in [3.63, 3.8) is 0 Å². The van der Waals surface area contributed by atoms with Crippen molar-refractivity contribution < 1.29 is 9.47 Å². The van der Waals surface area contributed by atoms with Crippen LogP contribution in [0.1, 0.15) is 16.7 Å². The third kappa shape index (κ3) is 3.19. The summed E-state index contributed by atoms with van der Waals surface area (Å²) in [6, 6.07) is 2.10. The quantitative estimate of drug-likeness (QED) is 0.865.